The number of ether oxygens (including phenoxy) is 1. The van der Waals surface area contributed by atoms with Crippen LogP contribution in [0.1, 0.15) is 6.92 Å². The molecular formula is C9H9ClN4O2. The van der Waals surface area contributed by atoms with Gasteiger partial charge in [0.15, 0.2) is 5.82 Å². The molecule has 0 aliphatic carbocycles. The molecule has 0 aliphatic heterocycles. The van der Waals surface area contributed by atoms with Gasteiger partial charge in [0.05, 0.1) is 12.8 Å². The summed E-state index contributed by atoms with van der Waals surface area (Å²) in [4.78, 5) is 19.1. The number of nitrogens with one attached hydrogen (secondary N) is 1. The van der Waals surface area contributed by atoms with Crippen LogP contribution >= 0.6 is 11.6 Å². The first-order valence-corrected chi connectivity index (χ1v) is 5.01. The summed E-state index contributed by atoms with van der Waals surface area (Å²) in [6.07, 6.45) is 2.60. The minimum Gasteiger partial charge on any atom is -0.450 e. The molecule has 0 fully saturated rings. The Balaban J connectivity index is 2.23. The number of hydrogen-bond donors (Lipinski definition) is 1. The fourth-order valence-corrected chi connectivity index (χ4v) is 1.34. The SMILES string of the molecule is CCOC(=O)Nc1cn2cnc(Cl)cc2n1. The second-order valence-corrected chi connectivity index (χ2v) is 3.34. The predicted molar refractivity (Wildman–Crippen MR) is 58.6 cm³/mol. The summed E-state index contributed by atoms with van der Waals surface area (Å²) in [7, 11) is 0. The van der Waals surface area contributed by atoms with Gasteiger partial charge in [0.1, 0.15) is 17.1 Å². The molecule has 2 rings (SSSR count). The third kappa shape index (κ3) is 2.22. The molecular weight excluding hydrogens is 232 g/mol. The van der Waals surface area contributed by atoms with Crippen LogP contribution in [-0.4, -0.2) is 27.1 Å². The predicted octanol–water partition coefficient (Wildman–Crippen LogP) is 1.95. The van der Waals surface area contributed by atoms with Crippen molar-refractivity contribution in [1.82, 2.24) is 14.4 Å². The van der Waals surface area contributed by atoms with Gasteiger partial charge in [0.25, 0.3) is 0 Å². The minimum absolute atomic E-state index is 0.312. The van der Waals surface area contributed by atoms with E-state index < -0.39 is 6.09 Å². The number of fused-ring (bicyclic) bond motifs is 1. The molecule has 6 nitrogen and oxygen atoms in total. The van der Waals surface area contributed by atoms with Crippen LogP contribution in [0.2, 0.25) is 5.15 Å². The van der Waals surface area contributed by atoms with Crippen molar-refractivity contribution in [1.29, 1.82) is 0 Å². The lowest BCUT2D eigenvalue weighted by molar-refractivity contribution is 0.168. The molecule has 0 bridgehead atoms. The van der Waals surface area contributed by atoms with Gasteiger partial charge in [-0.3, -0.25) is 9.72 Å². The van der Waals surface area contributed by atoms with Crippen LogP contribution in [-0.2, 0) is 4.74 Å². The maximum Gasteiger partial charge on any atom is 0.412 e. The highest BCUT2D eigenvalue weighted by molar-refractivity contribution is 6.29. The second-order valence-electron chi connectivity index (χ2n) is 2.95. The number of nitrogens with zero attached hydrogens (tertiary/aromatic N) is 3. The van der Waals surface area contributed by atoms with Gasteiger partial charge in [-0.15, -0.1) is 0 Å². The lowest BCUT2D eigenvalue weighted by Gasteiger charge is -1.99. The van der Waals surface area contributed by atoms with Gasteiger partial charge in [-0.1, -0.05) is 11.6 Å². The lowest BCUT2D eigenvalue weighted by atomic mass is 10.6. The molecule has 0 aromatic carbocycles. The van der Waals surface area contributed by atoms with E-state index in [9.17, 15) is 4.79 Å². The molecule has 0 radical (unpaired) electrons. The third-order valence-corrected chi connectivity index (χ3v) is 2.03. The van der Waals surface area contributed by atoms with Crippen molar-refractivity contribution in [2.75, 3.05) is 11.9 Å². The highest BCUT2D eigenvalue weighted by Crippen LogP contribution is 2.12. The van der Waals surface area contributed by atoms with Crippen molar-refractivity contribution in [2.45, 2.75) is 6.92 Å². The lowest BCUT2D eigenvalue weighted by Crippen LogP contribution is -2.13. The van der Waals surface area contributed by atoms with Crippen LogP contribution < -0.4 is 5.32 Å². The van der Waals surface area contributed by atoms with Crippen molar-refractivity contribution in [3.8, 4) is 0 Å². The minimum atomic E-state index is -0.537. The Morgan fingerprint density at radius 3 is 3.25 bits per heavy atom. The zero-order valence-corrected chi connectivity index (χ0v) is 9.23. The van der Waals surface area contributed by atoms with Gasteiger partial charge in [-0.25, -0.2) is 14.8 Å². The third-order valence-electron chi connectivity index (χ3n) is 1.82. The summed E-state index contributed by atoms with van der Waals surface area (Å²) in [5.41, 5.74) is 0.604. The largest absolute Gasteiger partial charge is 0.450 e. The number of amides is 1. The van der Waals surface area contributed by atoms with Gasteiger partial charge in [0, 0.05) is 6.07 Å². The van der Waals surface area contributed by atoms with E-state index in [1.807, 2.05) is 0 Å². The molecule has 0 aliphatic rings. The molecule has 1 N–H and O–H groups in total. The van der Waals surface area contributed by atoms with E-state index in [0.29, 0.717) is 23.2 Å². The molecule has 0 unspecified atom stereocenters. The highest BCUT2D eigenvalue weighted by atomic mass is 35.5. The van der Waals surface area contributed by atoms with Crippen LogP contribution in [0.5, 0.6) is 0 Å². The van der Waals surface area contributed by atoms with Gasteiger partial charge in [-0.2, -0.15) is 0 Å². The molecule has 16 heavy (non-hydrogen) atoms. The van der Waals surface area contributed by atoms with E-state index in [-0.39, 0.29) is 0 Å². The van der Waals surface area contributed by atoms with Crippen LogP contribution in [0.25, 0.3) is 5.65 Å². The topological polar surface area (TPSA) is 68.5 Å². The Labute approximate surface area is 96.2 Å². The fraction of sp³-hybridized carbons (Fsp3) is 0.222. The quantitative estimate of drug-likeness (QED) is 0.815. The molecule has 2 aromatic heterocycles. The van der Waals surface area contributed by atoms with Gasteiger partial charge in [-0.05, 0) is 6.92 Å². The Hall–Kier alpha value is -1.82. The van der Waals surface area contributed by atoms with E-state index in [2.05, 4.69) is 15.3 Å². The number of carbonyl (C=O) groups is 1. The van der Waals surface area contributed by atoms with E-state index in [0.717, 1.165) is 0 Å². The normalized spacial score (nSPS) is 10.4. The first kappa shape index (κ1) is 10.7. The van der Waals surface area contributed by atoms with E-state index >= 15 is 0 Å². The van der Waals surface area contributed by atoms with Gasteiger partial charge < -0.3 is 4.74 Å². The summed E-state index contributed by atoms with van der Waals surface area (Å²) in [6.45, 7) is 2.04. The summed E-state index contributed by atoms with van der Waals surface area (Å²) < 4.78 is 6.37. The molecule has 2 aromatic rings. The molecule has 0 saturated carbocycles. The second kappa shape index (κ2) is 4.36. The van der Waals surface area contributed by atoms with Crippen molar-refractivity contribution in [2.24, 2.45) is 0 Å². The Bertz CT molecular complexity index is 525. The number of rotatable bonds is 2. The summed E-state index contributed by atoms with van der Waals surface area (Å²) in [6, 6.07) is 1.60. The average Bonchev–Trinajstić information content (AvgIpc) is 2.59. The number of halogens is 1. The first-order chi connectivity index (χ1) is 7.69. The fourth-order valence-electron chi connectivity index (χ4n) is 1.20. The average molecular weight is 241 g/mol. The highest BCUT2D eigenvalue weighted by Gasteiger charge is 2.06. The number of imidazole rings is 1. The van der Waals surface area contributed by atoms with Crippen molar-refractivity contribution >= 4 is 29.2 Å². The van der Waals surface area contributed by atoms with Crippen molar-refractivity contribution in [3.05, 3.63) is 23.7 Å². The molecule has 0 atom stereocenters. The molecule has 84 valence electrons. The zero-order valence-electron chi connectivity index (χ0n) is 8.48. The van der Waals surface area contributed by atoms with Gasteiger partial charge in [0.2, 0.25) is 0 Å². The summed E-state index contributed by atoms with van der Waals surface area (Å²) in [5.74, 6) is 0.391. The zero-order chi connectivity index (χ0) is 11.5. The Morgan fingerprint density at radius 2 is 2.50 bits per heavy atom. The molecule has 0 spiro atoms. The van der Waals surface area contributed by atoms with E-state index in [1.54, 1.807) is 23.6 Å². The van der Waals surface area contributed by atoms with Crippen molar-refractivity contribution in [3.63, 3.8) is 0 Å². The molecule has 0 saturated heterocycles. The Morgan fingerprint density at radius 1 is 1.69 bits per heavy atom. The van der Waals surface area contributed by atoms with Crippen LogP contribution in [0.15, 0.2) is 18.6 Å². The Kier molecular flexibility index (Phi) is 2.91. The first-order valence-electron chi connectivity index (χ1n) is 4.63. The van der Waals surface area contributed by atoms with Gasteiger partial charge >= 0.3 is 6.09 Å². The number of hydrogen-bond acceptors (Lipinski definition) is 4. The van der Waals surface area contributed by atoms with Crippen LogP contribution in [0, 0.1) is 0 Å². The van der Waals surface area contributed by atoms with E-state index in [4.69, 9.17) is 16.3 Å². The molecule has 7 heteroatoms. The maximum absolute atomic E-state index is 11.1. The summed E-state index contributed by atoms with van der Waals surface area (Å²) >= 11 is 5.71. The maximum atomic E-state index is 11.1. The monoisotopic (exact) mass is 240 g/mol. The smallest absolute Gasteiger partial charge is 0.412 e. The van der Waals surface area contributed by atoms with Crippen LogP contribution in [0.3, 0.4) is 0 Å². The number of carbonyl (C=O) groups excluding carboxylic acids is 1. The number of aromatic nitrogens is 3. The molecule has 1 amide bonds. The standard InChI is InChI=1S/C9H9ClN4O2/c1-2-16-9(15)13-7-4-14-5-11-6(10)3-8(14)12-7/h3-5H,2H2,1H3,(H,13,15). The van der Waals surface area contributed by atoms with Crippen molar-refractivity contribution < 1.29 is 9.53 Å². The molecule has 2 heterocycles. The summed E-state index contributed by atoms with van der Waals surface area (Å²) in [5, 5.41) is 2.84. The van der Waals surface area contributed by atoms with E-state index in [1.165, 1.54) is 6.33 Å². The van der Waals surface area contributed by atoms with Crippen LogP contribution in [0.4, 0.5) is 10.6 Å². The number of anilines is 1.